The molecule has 0 aliphatic heterocycles. The first-order chi connectivity index (χ1) is 5.65. The third-order valence-corrected chi connectivity index (χ3v) is 2.92. The molecule has 0 unspecified atom stereocenters. The molecule has 1 aromatic rings. The zero-order valence-electron chi connectivity index (χ0n) is 5.75. The number of hydrogen-bond acceptors (Lipinski definition) is 2. The maximum atomic E-state index is 10.6. The van der Waals surface area contributed by atoms with E-state index in [2.05, 4.69) is 15.9 Å². The Balaban J connectivity index is 3.17. The van der Waals surface area contributed by atoms with Crippen LogP contribution in [0.1, 0.15) is 10.4 Å². The Labute approximate surface area is 86.5 Å². The van der Waals surface area contributed by atoms with Crippen molar-refractivity contribution in [1.29, 1.82) is 0 Å². The molecule has 0 radical (unpaired) electrons. The van der Waals surface area contributed by atoms with E-state index in [4.69, 9.17) is 15.8 Å². The van der Waals surface area contributed by atoms with Crippen LogP contribution in [0.5, 0.6) is 0 Å². The molecular formula is C7H4BrClO2S. The van der Waals surface area contributed by atoms with Crippen LogP contribution in [0.3, 0.4) is 0 Å². The quantitative estimate of drug-likeness (QED) is 0.892. The molecule has 1 aromatic carbocycles. The predicted octanol–water partition coefficient (Wildman–Crippen LogP) is 3.39. The van der Waals surface area contributed by atoms with Crippen LogP contribution in [0.25, 0.3) is 0 Å². The second-order valence-electron chi connectivity index (χ2n) is 2.02. The molecule has 0 aliphatic carbocycles. The standard InChI is InChI=1S/C7H4BrClO2S/c8-6-2-1-4(12-9)3-5(6)7(10)11/h1-3H,(H,10,11). The number of benzene rings is 1. The van der Waals surface area contributed by atoms with Gasteiger partial charge in [0.15, 0.2) is 0 Å². The summed E-state index contributed by atoms with van der Waals surface area (Å²) in [5.74, 6) is -0.963. The summed E-state index contributed by atoms with van der Waals surface area (Å²) in [4.78, 5) is 11.3. The Morgan fingerprint density at radius 1 is 1.58 bits per heavy atom. The monoisotopic (exact) mass is 266 g/mol. The maximum absolute atomic E-state index is 10.6. The van der Waals surface area contributed by atoms with Crippen LogP contribution in [0.4, 0.5) is 0 Å². The molecule has 0 saturated carbocycles. The van der Waals surface area contributed by atoms with Crippen LogP contribution < -0.4 is 0 Å². The number of halogens is 2. The van der Waals surface area contributed by atoms with Gasteiger partial charge in [0.05, 0.1) is 5.56 Å². The normalized spacial score (nSPS) is 9.83. The lowest BCUT2D eigenvalue weighted by Crippen LogP contribution is -1.97. The van der Waals surface area contributed by atoms with Crippen molar-refractivity contribution < 1.29 is 9.90 Å². The van der Waals surface area contributed by atoms with Crippen LogP contribution in [-0.2, 0) is 0 Å². The molecule has 1 rings (SSSR count). The summed E-state index contributed by atoms with van der Waals surface area (Å²) in [5, 5.41) is 8.70. The highest BCUT2D eigenvalue weighted by Crippen LogP contribution is 2.26. The first-order valence-corrected chi connectivity index (χ1v) is 5.40. The number of hydrogen-bond donors (Lipinski definition) is 1. The van der Waals surface area contributed by atoms with Crippen molar-refractivity contribution in [2.75, 3.05) is 0 Å². The molecule has 64 valence electrons. The van der Waals surface area contributed by atoms with E-state index in [1.807, 2.05) is 0 Å². The van der Waals surface area contributed by atoms with Gasteiger partial charge in [-0.3, -0.25) is 0 Å². The highest BCUT2D eigenvalue weighted by atomic mass is 79.9. The molecular weight excluding hydrogens is 263 g/mol. The van der Waals surface area contributed by atoms with Crippen LogP contribution in [0.15, 0.2) is 27.6 Å². The summed E-state index contributed by atoms with van der Waals surface area (Å²) in [5.41, 5.74) is 0.223. The van der Waals surface area contributed by atoms with Gasteiger partial charge in [-0.1, -0.05) is 0 Å². The Morgan fingerprint density at radius 2 is 2.25 bits per heavy atom. The largest absolute Gasteiger partial charge is 0.478 e. The number of carboxylic acid groups (broad SMARTS) is 1. The predicted molar refractivity (Wildman–Crippen MR) is 52.8 cm³/mol. The van der Waals surface area contributed by atoms with Crippen LogP contribution in [0.2, 0.25) is 0 Å². The number of aromatic carboxylic acids is 1. The molecule has 0 bridgehead atoms. The average molecular weight is 268 g/mol. The van der Waals surface area contributed by atoms with Crippen molar-refractivity contribution >= 4 is 43.6 Å². The van der Waals surface area contributed by atoms with Gasteiger partial charge in [-0.25, -0.2) is 4.79 Å². The zero-order valence-corrected chi connectivity index (χ0v) is 8.91. The van der Waals surface area contributed by atoms with E-state index >= 15 is 0 Å². The van der Waals surface area contributed by atoms with Gasteiger partial charge >= 0.3 is 5.97 Å². The average Bonchev–Trinajstić information content (AvgIpc) is 2.05. The van der Waals surface area contributed by atoms with Gasteiger partial charge in [0.25, 0.3) is 0 Å². The minimum absolute atomic E-state index is 0.223. The lowest BCUT2D eigenvalue weighted by atomic mass is 10.2. The van der Waals surface area contributed by atoms with E-state index < -0.39 is 5.97 Å². The van der Waals surface area contributed by atoms with E-state index in [1.54, 1.807) is 12.1 Å². The van der Waals surface area contributed by atoms with Crippen molar-refractivity contribution in [2.24, 2.45) is 0 Å². The van der Waals surface area contributed by atoms with Crippen LogP contribution in [-0.4, -0.2) is 11.1 Å². The van der Waals surface area contributed by atoms with Crippen LogP contribution in [0, 0.1) is 0 Å². The SMILES string of the molecule is O=C(O)c1cc(SCl)ccc1Br. The van der Waals surface area contributed by atoms with E-state index in [1.165, 1.54) is 6.07 Å². The molecule has 0 heterocycles. The fourth-order valence-electron chi connectivity index (χ4n) is 0.716. The van der Waals surface area contributed by atoms with Gasteiger partial charge < -0.3 is 5.11 Å². The van der Waals surface area contributed by atoms with Gasteiger partial charge in [-0.05, 0) is 55.8 Å². The smallest absolute Gasteiger partial charge is 0.336 e. The van der Waals surface area contributed by atoms with Gasteiger partial charge in [0.1, 0.15) is 0 Å². The molecule has 0 spiro atoms. The third kappa shape index (κ3) is 2.15. The molecule has 0 amide bonds. The Morgan fingerprint density at radius 3 is 2.75 bits per heavy atom. The summed E-state index contributed by atoms with van der Waals surface area (Å²) >= 11 is 3.13. The lowest BCUT2D eigenvalue weighted by Gasteiger charge is -1.99. The topological polar surface area (TPSA) is 37.3 Å². The highest BCUT2D eigenvalue weighted by Gasteiger charge is 2.08. The molecule has 0 atom stereocenters. The molecule has 5 heteroatoms. The van der Waals surface area contributed by atoms with E-state index in [0.717, 1.165) is 15.9 Å². The molecule has 2 nitrogen and oxygen atoms in total. The van der Waals surface area contributed by atoms with Crippen molar-refractivity contribution in [3.05, 3.63) is 28.2 Å². The number of carbonyl (C=O) groups is 1. The van der Waals surface area contributed by atoms with Crippen molar-refractivity contribution in [3.8, 4) is 0 Å². The first kappa shape index (κ1) is 9.89. The molecule has 0 aliphatic rings. The molecule has 0 saturated heterocycles. The molecule has 0 aromatic heterocycles. The van der Waals surface area contributed by atoms with E-state index in [9.17, 15) is 4.79 Å². The van der Waals surface area contributed by atoms with Gasteiger partial charge in [-0.2, -0.15) is 0 Å². The number of carboxylic acids is 1. The maximum Gasteiger partial charge on any atom is 0.336 e. The second kappa shape index (κ2) is 4.16. The minimum Gasteiger partial charge on any atom is -0.478 e. The third-order valence-electron chi connectivity index (χ3n) is 1.26. The molecule has 12 heavy (non-hydrogen) atoms. The van der Waals surface area contributed by atoms with Crippen molar-refractivity contribution in [1.82, 2.24) is 0 Å². The van der Waals surface area contributed by atoms with Gasteiger partial charge in [0, 0.05) is 9.37 Å². The Bertz CT molecular complexity index is 316. The van der Waals surface area contributed by atoms with E-state index in [0.29, 0.717) is 4.47 Å². The van der Waals surface area contributed by atoms with Gasteiger partial charge in [0.2, 0.25) is 0 Å². The first-order valence-electron chi connectivity index (χ1n) is 2.96. The fraction of sp³-hybridized carbons (Fsp3) is 0. The Hall–Kier alpha value is -0.190. The zero-order chi connectivity index (χ0) is 9.14. The minimum atomic E-state index is -0.963. The summed E-state index contributed by atoms with van der Waals surface area (Å²) in [6.07, 6.45) is 0. The van der Waals surface area contributed by atoms with Crippen molar-refractivity contribution in [2.45, 2.75) is 4.90 Å². The summed E-state index contributed by atoms with van der Waals surface area (Å²) in [6.45, 7) is 0. The fourth-order valence-corrected chi connectivity index (χ4v) is 1.70. The van der Waals surface area contributed by atoms with E-state index in [-0.39, 0.29) is 5.56 Å². The lowest BCUT2D eigenvalue weighted by molar-refractivity contribution is 0.0695. The summed E-state index contributed by atoms with van der Waals surface area (Å²) < 4.78 is 0.560. The highest BCUT2D eigenvalue weighted by molar-refractivity contribution is 9.10. The summed E-state index contributed by atoms with van der Waals surface area (Å²) in [7, 11) is 6.46. The van der Waals surface area contributed by atoms with Crippen LogP contribution >= 0.6 is 37.6 Å². The second-order valence-corrected chi connectivity index (χ2v) is 3.97. The molecule has 1 N–H and O–H groups in total. The Kier molecular flexibility index (Phi) is 3.43. The summed E-state index contributed by atoms with van der Waals surface area (Å²) in [6, 6.07) is 4.92. The van der Waals surface area contributed by atoms with Crippen molar-refractivity contribution in [3.63, 3.8) is 0 Å². The molecule has 0 fully saturated rings. The van der Waals surface area contributed by atoms with Gasteiger partial charge in [-0.15, -0.1) is 0 Å². The number of rotatable bonds is 2.